The fraction of sp³-hybridized carbons (Fsp3) is 0.500. The number of aliphatic carboxylic acids is 1. The Bertz CT molecular complexity index is 622. The molecule has 0 atom stereocenters. The summed E-state index contributed by atoms with van der Waals surface area (Å²) < 4.78 is 27.8. The topological polar surface area (TPSA) is 77.9 Å². The fourth-order valence-corrected chi connectivity index (χ4v) is 3.86. The minimum absolute atomic E-state index is 0.245. The molecule has 116 valence electrons. The van der Waals surface area contributed by atoms with Crippen molar-refractivity contribution in [3.8, 4) is 0 Å². The van der Waals surface area contributed by atoms with Gasteiger partial charge in [-0.15, -0.1) is 0 Å². The molecule has 1 aromatic rings. The lowest BCUT2D eigenvalue weighted by atomic mass is 9.99. The van der Waals surface area contributed by atoms with Gasteiger partial charge in [0.2, 0.25) is 0 Å². The Morgan fingerprint density at radius 3 is 2.48 bits per heavy atom. The zero-order chi connectivity index (χ0) is 15.6. The summed E-state index contributed by atoms with van der Waals surface area (Å²) in [6.45, 7) is 2.40. The van der Waals surface area contributed by atoms with E-state index in [1.807, 2.05) is 25.1 Å². The molecule has 0 aromatic heterocycles. The molecule has 0 saturated carbocycles. The van der Waals surface area contributed by atoms with Gasteiger partial charge in [-0.25, -0.2) is 0 Å². The van der Waals surface area contributed by atoms with Crippen molar-refractivity contribution in [2.45, 2.75) is 19.8 Å². The molecule has 1 saturated heterocycles. The van der Waals surface area contributed by atoms with Crippen molar-refractivity contribution in [2.24, 2.45) is 5.92 Å². The highest BCUT2D eigenvalue weighted by Crippen LogP contribution is 2.24. The zero-order valence-electron chi connectivity index (χ0n) is 12.2. The molecule has 7 heteroatoms. The maximum absolute atomic E-state index is 12.6. The second kappa shape index (κ2) is 6.03. The van der Waals surface area contributed by atoms with E-state index in [0.717, 1.165) is 5.56 Å². The monoisotopic (exact) mass is 312 g/mol. The van der Waals surface area contributed by atoms with E-state index in [9.17, 15) is 13.2 Å². The first kappa shape index (κ1) is 15.8. The van der Waals surface area contributed by atoms with Crippen LogP contribution in [-0.4, -0.2) is 43.9 Å². The highest BCUT2D eigenvalue weighted by atomic mass is 32.2. The summed E-state index contributed by atoms with van der Waals surface area (Å²) in [6.07, 6.45) is 0.715. The lowest BCUT2D eigenvalue weighted by molar-refractivity contribution is -0.142. The van der Waals surface area contributed by atoms with Crippen molar-refractivity contribution >= 4 is 21.9 Å². The zero-order valence-corrected chi connectivity index (χ0v) is 13.0. The predicted molar refractivity (Wildman–Crippen MR) is 80.4 cm³/mol. The van der Waals surface area contributed by atoms with E-state index in [2.05, 4.69) is 0 Å². The molecule has 1 aliphatic rings. The van der Waals surface area contributed by atoms with Crippen LogP contribution in [0.25, 0.3) is 0 Å². The number of carboxylic acids is 1. The molecule has 1 fully saturated rings. The molecular weight excluding hydrogens is 292 g/mol. The predicted octanol–water partition coefficient (Wildman–Crippen LogP) is 1.47. The Labute approximate surface area is 125 Å². The highest BCUT2D eigenvalue weighted by molar-refractivity contribution is 7.90. The van der Waals surface area contributed by atoms with Crippen molar-refractivity contribution in [2.75, 3.05) is 24.4 Å². The van der Waals surface area contributed by atoms with Gasteiger partial charge in [-0.1, -0.05) is 12.1 Å². The number of carbonyl (C=O) groups is 1. The quantitative estimate of drug-likeness (QED) is 0.913. The van der Waals surface area contributed by atoms with Crippen LogP contribution in [0.3, 0.4) is 0 Å². The number of anilines is 1. The number of nitrogens with zero attached hydrogens (tertiary/aromatic N) is 2. The summed E-state index contributed by atoms with van der Waals surface area (Å²) >= 11 is 0. The molecule has 0 bridgehead atoms. The maximum atomic E-state index is 12.6. The van der Waals surface area contributed by atoms with Gasteiger partial charge in [0, 0.05) is 20.1 Å². The summed E-state index contributed by atoms with van der Waals surface area (Å²) in [4.78, 5) is 10.9. The number of carboxylic acid groups (broad SMARTS) is 1. The molecular formula is C14H20N2O4S. The number of rotatable bonds is 4. The van der Waals surface area contributed by atoms with E-state index in [1.165, 1.54) is 15.7 Å². The van der Waals surface area contributed by atoms with E-state index in [-0.39, 0.29) is 13.1 Å². The van der Waals surface area contributed by atoms with Crippen LogP contribution in [0.4, 0.5) is 5.69 Å². The summed E-state index contributed by atoms with van der Waals surface area (Å²) in [5, 5.41) is 8.97. The van der Waals surface area contributed by atoms with Crippen LogP contribution >= 0.6 is 0 Å². The number of piperidine rings is 1. The van der Waals surface area contributed by atoms with Crippen LogP contribution in [0.15, 0.2) is 24.3 Å². The number of hydrogen-bond acceptors (Lipinski definition) is 3. The third kappa shape index (κ3) is 3.36. The van der Waals surface area contributed by atoms with E-state index in [1.54, 1.807) is 6.07 Å². The van der Waals surface area contributed by atoms with Gasteiger partial charge < -0.3 is 5.11 Å². The molecule has 0 radical (unpaired) electrons. The van der Waals surface area contributed by atoms with E-state index >= 15 is 0 Å². The Morgan fingerprint density at radius 2 is 1.95 bits per heavy atom. The van der Waals surface area contributed by atoms with Crippen LogP contribution in [-0.2, 0) is 15.0 Å². The SMILES string of the molecule is Cc1cccc(N(C)S(=O)(=O)N2CCC(C(=O)O)CC2)c1. The van der Waals surface area contributed by atoms with Gasteiger partial charge in [0.1, 0.15) is 0 Å². The second-order valence-electron chi connectivity index (χ2n) is 5.33. The van der Waals surface area contributed by atoms with Gasteiger partial charge in [-0.05, 0) is 37.5 Å². The molecule has 0 amide bonds. The number of benzene rings is 1. The largest absolute Gasteiger partial charge is 0.481 e. The molecule has 21 heavy (non-hydrogen) atoms. The van der Waals surface area contributed by atoms with Crippen LogP contribution in [0, 0.1) is 12.8 Å². The standard InChI is InChI=1S/C14H20N2O4S/c1-11-4-3-5-13(10-11)15(2)21(19,20)16-8-6-12(7-9-16)14(17)18/h3-5,10,12H,6-9H2,1-2H3,(H,17,18). The number of aryl methyl sites for hydroxylation is 1. The minimum atomic E-state index is -3.61. The molecule has 1 N–H and O–H groups in total. The van der Waals surface area contributed by atoms with E-state index in [0.29, 0.717) is 18.5 Å². The third-order valence-corrected chi connectivity index (χ3v) is 5.76. The van der Waals surface area contributed by atoms with Crippen molar-refractivity contribution in [3.63, 3.8) is 0 Å². The first-order chi connectivity index (χ1) is 9.82. The normalized spacial score (nSPS) is 17.6. The van der Waals surface area contributed by atoms with Gasteiger partial charge in [0.25, 0.3) is 0 Å². The average molecular weight is 312 g/mol. The van der Waals surface area contributed by atoms with Crippen molar-refractivity contribution in [1.82, 2.24) is 4.31 Å². The lowest BCUT2D eigenvalue weighted by Gasteiger charge is -2.33. The molecule has 1 aromatic carbocycles. The molecule has 2 rings (SSSR count). The first-order valence-corrected chi connectivity index (χ1v) is 8.25. The van der Waals surface area contributed by atoms with Gasteiger partial charge >= 0.3 is 16.2 Å². The summed E-state index contributed by atoms with van der Waals surface area (Å²) in [7, 11) is -2.09. The first-order valence-electron chi connectivity index (χ1n) is 6.86. The van der Waals surface area contributed by atoms with Gasteiger partial charge in [0.15, 0.2) is 0 Å². The van der Waals surface area contributed by atoms with Gasteiger partial charge in [-0.2, -0.15) is 12.7 Å². The van der Waals surface area contributed by atoms with Crippen molar-refractivity contribution in [1.29, 1.82) is 0 Å². The highest BCUT2D eigenvalue weighted by Gasteiger charge is 2.33. The Hall–Kier alpha value is -1.60. The summed E-state index contributed by atoms with van der Waals surface area (Å²) in [5.74, 6) is -1.29. The van der Waals surface area contributed by atoms with Gasteiger partial charge in [0.05, 0.1) is 11.6 Å². The van der Waals surface area contributed by atoms with E-state index < -0.39 is 22.1 Å². The molecule has 1 heterocycles. The third-order valence-electron chi connectivity index (χ3n) is 3.84. The Morgan fingerprint density at radius 1 is 1.33 bits per heavy atom. The molecule has 0 unspecified atom stereocenters. The lowest BCUT2D eigenvalue weighted by Crippen LogP contribution is -2.46. The smallest absolute Gasteiger partial charge is 0.306 e. The van der Waals surface area contributed by atoms with Crippen molar-refractivity contribution < 1.29 is 18.3 Å². The molecule has 6 nitrogen and oxygen atoms in total. The van der Waals surface area contributed by atoms with Crippen LogP contribution in [0.1, 0.15) is 18.4 Å². The Kier molecular flexibility index (Phi) is 4.53. The van der Waals surface area contributed by atoms with E-state index in [4.69, 9.17) is 5.11 Å². The maximum Gasteiger partial charge on any atom is 0.306 e. The second-order valence-corrected chi connectivity index (χ2v) is 7.29. The van der Waals surface area contributed by atoms with Crippen LogP contribution < -0.4 is 4.31 Å². The minimum Gasteiger partial charge on any atom is -0.481 e. The fourth-order valence-electron chi connectivity index (χ4n) is 2.46. The average Bonchev–Trinajstić information content (AvgIpc) is 2.46. The summed E-state index contributed by atoms with van der Waals surface area (Å²) in [6, 6.07) is 7.27. The Balaban J connectivity index is 2.13. The van der Waals surface area contributed by atoms with Crippen LogP contribution in [0.5, 0.6) is 0 Å². The molecule has 0 spiro atoms. The number of hydrogen-bond donors (Lipinski definition) is 1. The summed E-state index contributed by atoms with van der Waals surface area (Å²) in [5.41, 5.74) is 1.59. The van der Waals surface area contributed by atoms with Crippen LogP contribution in [0.2, 0.25) is 0 Å². The van der Waals surface area contributed by atoms with Gasteiger partial charge in [-0.3, -0.25) is 9.10 Å². The molecule has 1 aliphatic heterocycles. The van der Waals surface area contributed by atoms with Crippen molar-refractivity contribution in [3.05, 3.63) is 29.8 Å². The molecule has 0 aliphatic carbocycles.